The molecule has 0 saturated heterocycles. The van der Waals surface area contributed by atoms with E-state index in [1.807, 2.05) is 6.07 Å². The lowest BCUT2D eigenvalue weighted by atomic mass is 10.0. The van der Waals surface area contributed by atoms with Gasteiger partial charge in [-0.25, -0.2) is 32.3 Å². The highest BCUT2D eigenvalue weighted by Gasteiger charge is 2.22. The zero-order valence-corrected chi connectivity index (χ0v) is 26.5. The topological polar surface area (TPSA) is 147 Å². The van der Waals surface area contributed by atoms with Gasteiger partial charge < -0.3 is 10.6 Å². The average Bonchev–Trinajstić information content (AvgIpc) is 3.68. The number of carbonyl (C=O) groups excluding carboxylic acids is 1. The maximum absolute atomic E-state index is 14.9. The molecule has 0 aliphatic carbocycles. The van der Waals surface area contributed by atoms with Crippen LogP contribution >= 0.6 is 11.6 Å². The molecule has 6 aromatic rings. The Morgan fingerprint density at radius 2 is 1.80 bits per heavy atom. The fourth-order valence-corrected chi connectivity index (χ4v) is 6.01. The molecule has 0 spiro atoms. The molecule has 0 saturated carbocycles. The molecule has 2 N–H and O–H groups in total. The highest BCUT2D eigenvalue weighted by molar-refractivity contribution is 6.34. The van der Waals surface area contributed by atoms with E-state index in [-0.39, 0.29) is 53.5 Å². The number of hydrogen-bond acceptors (Lipinski definition) is 8. The predicted molar refractivity (Wildman–Crippen MR) is 172 cm³/mol. The van der Waals surface area contributed by atoms with Crippen LogP contribution in [0.1, 0.15) is 32.9 Å². The van der Waals surface area contributed by atoms with Crippen LogP contribution in [-0.2, 0) is 39.5 Å². The van der Waals surface area contributed by atoms with Crippen LogP contribution in [-0.4, -0.2) is 51.1 Å². The molecule has 0 atom stereocenters. The van der Waals surface area contributed by atoms with Crippen LogP contribution in [0.4, 0.5) is 24.8 Å². The summed E-state index contributed by atoms with van der Waals surface area (Å²) in [5, 5.41) is 15.5. The average molecular weight is 691 g/mol. The van der Waals surface area contributed by atoms with E-state index >= 15 is 0 Å². The van der Waals surface area contributed by atoms with Gasteiger partial charge in [-0.1, -0.05) is 23.7 Å². The smallest absolute Gasteiger partial charge is 0.352 e. The monoisotopic (exact) mass is 690 g/mol. The number of fused-ring (bicyclic) bond motifs is 7. The number of nitrogens with zero attached hydrogens (tertiary/aromatic N) is 8. The standard InChI is InChI=1S/C32H26ClF3N10O3/c1-43-14-21-20-5-7-37-29(47)18-4-2-3-17(9-18)6-8-44-16-38-27(42-44)15-46-31(48)40-30(39-28(20)22(33)11-26(21)41-43)45(32(46)49)13-19-10-24(35)25(36)12-23(19)34/h2-4,9-12,14,16H,5-8,13,15H2,1H3,(H,37,47)(H,39,40,48). The molecule has 0 radical (unpaired) electrons. The van der Waals surface area contributed by atoms with Crippen molar-refractivity contribution >= 4 is 40.0 Å². The molecule has 250 valence electrons. The predicted octanol–water partition coefficient (Wildman–Crippen LogP) is 3.32. The molecule has 3 aromatic heterocycles. The minimum atomic E-state index is -1.41. The van der Waals surface area contributed by atoms with Crippen LogP contribution in [0.5, 0.6) is 0 Å². The first-order valence-corrected chi connectivity index (χ1v) is 15.4. The number of benzene rings is 3. The maximum Gasteiger partial charge on any atom is 0.355 e. The van der Waals surface area contributed by atoms with E-state index in [1.165, 1.54) is 11.0 Å². The SMILES string of the molecule is Cn1cc2c3c(c(Cl)cc2n1)Nc1nc(=O)n(c(=O)n1Cc1cc(F)c(F)cc1F)Cc1ncn(n1)CCc1cccc(c1)C(=O)NCC3. The summed E-state index contributed by atoms with van der Waals surface area (Å²) in [7, 11) is 1.72. The molecule has 2 aliphatic rings. The first-order chi connectivity index (χ1) is 23.5. The van der Waals surface area contributed by atoms with Crippen molar-refractivity contribution in [3.63, 3.8) is 0 Å². The van der Waals surface area contributed by atoms with Gasteiger partial charge in [-0.15, -0.1) is 0 Å². The van der Waals surface area contributed by atoms with Crippen molar-refractivity contribution in [2.75, 3.05) is 11.9 Å². The van der Waals surface area contributed by atoms with Crippen molar-refractivity contribution in [3.8, 4) is 0 Å². The number of carbonyl (C=O) groups is 1. The number of anilines is 2. The molecule has 13 nitrogen and oxygen atoms in total. The molecule has 2 aliphatic heterocycles. The number of hydrogen-bond donors (Lipinski definition) is 2. The van der Waals surface area contributed by atoms with E-state index in [9.17, 15) is 27.6 Å². The molecule has 3 aromatic carbocycles. The molecule has 5 heterocycles. The molecular formula is C32H26ClF3N10O3. The summed E-state index contributed by atoms with van der Waals surface area (Å²) < 4.78 is 47.7. The van der Waals surface area contributed by atoms with Gasteiger partial charge >= 0.3 is 11.4 Å². The Labute approximate surface area is 279 Å². The summed E-state index contributed by atoms with van der Waals surface area (Å²) in [5.41, 5.74) is 0.367. The van der Waals surface area contributed by atoms with E-state index in [2.05, 4.69) is 30.8 Å². The number of aromatic nitrogens is 8. The second kappa shape index (κ2) is 12.7. The van der Waals surface area contributed by atoms with E-state index in [4.69, 9.17) is 11.6 Å². The van der Waals surface area contributed by atoms with Gasteiger partial charge in [0.2, 0.25) is 5.95 Å². The van der Waals surface area contributed by atoms with Crippen molar-refractivity contribution in [2.24, 2.45) is 7.05 Å². The second-order valence-electron chi connectivity index (χ2n) is 11.5. The molecule has 17 heteroatoms. The molecule has 1 amide bonds. The van der Waals surface area contributed by atoms with Crippen molar-refractivity contribution in [1.29, 1.82) is 0 Å². The summed E-state index contributed by atoms with van der Waals surface area (Å²) in [6.45, 7) is -0.491. The largest absolute Gasteiger partial charge is 0.355 e. The lowest BCUT2D eigenvalue weighted by molar-refractivity contribution is 0.0954. The molecule has 6 bridgehead atoms. The van der Waals surface area contributed by atoms with Crippen LogP contribution in [0, 0.1) is 17.5 Å². The zero-order valence-electron chi connectivity index (χ0n) is 25.8. The van der Waals surface area contributed by atoms with E-state index < -0.39 is 35.4 Å². The Morgan fingerprint density at radius 3 is 2.63 bits per heavy atom. The summed E-state index contributed by atoms with van der Waals surface area (Å²) in [6.07, 6.45) is 3.91. The van der Waals surface area contributed by atoms with Crippen molar-refractivity contribution in [1.82, 2.24) is 44.0 Å². The fourth-order valence-electron chi connectivity index (χ4n) is 5.75. The van der Waals surface area contributed by atoms with Gasteiger partial charge in [0.1, 0.15) is 12.1 Å². The Morgan fingerprint density at radius 1 is 0.980 bits per heavy atom. The van der Waals surface area contributed by atoms with E-state index in [0.29, 0.717) is 47.1 Å². The third kappa shape index (κ3) is 6.29. The second-order valence-corrected chi connectivity index (χ2v) is 11.9. The van der Waals surface area contributed by atoms with Crippen LogP contribution in [0.25, 0.3) is 10.9 Å². The van der Waals surface area contributed by atoms with Gasteiger partial charge in [0, 0.05) is 48.9 Å². The zero-order chi connectivity index (χ0) is 34.4. The Bertz CT molecular complexity index is 2400. The summed E-state index contributed by atoms with van der Waals surface area (Å²) in [5.74, 6) is -4.39. The highest BCUT2D eigenvalue weighted by Crippen LogP contribution is 2.35. The van der Waals surface area contributed by atoms with Crippen molar-refractivity contribution in [3.05, 3.63) is 127 Å². The van der Waals surface area contributed by atoms with Gasteiger partial charge in [-0.2, -0.15) is 15.2 Å². The van der Waals surface area contributed by atoms with Gasteiger partial charge in [-0.3, -0.25) is 18.7 Å². The number of aryl methyl sites for hydroxylation is 3. The quantitative estimate of drug-likeness (QED) is 0.263. The number of halogens is 4. The van der Waals surface area contributed by atoms with Gasteiger partial charge in [0.25, 0.3) is 5.91 Å². The van der Waals surface area contributed by atoms with Crippen LogP contribution < -0.4 is 22.0 Å². The fraction of sp³-hybridized carbons (Fsp3) is 0.219. The van der Waals surface area contributed by atoms with E-state index in [1.54, 1.807) is 42.2 Å². The molecule has 49 heavy (non-hydrogen) atoms. The molecule has 8 rings (SSSR count). The van der Waals surface area contributed by atoms with Crippen molar-refractivity contribution in [2.45, 2.75) is 32.5 Å². The van der Waals surface area contributed by atoms with Crippen LogP contribution in [0.15, 0.2) is 64.6 Å². The first-order valence-electron chi connectivity index (χ1n) is 15.1. The Kier molecular flexibility index (Phi) is 8.23. The minimum absolute atomic E-state index is 0.113. The van der Waals surface area contributed by atoms with Gasteiger partial charge in [-0.05, 0) is 48.2 Å². The summed E-state index contributed by atoms with van der Waals surface area (Å²) in [4.78, 5) is 48.9. The number of rotatable bonds is 2. The number of amides is 1. The third-order valence-electron chi connectivity index (χ3n) is 8.15. The van der Waals surface area contributed by atoms with E-state index in [0.717, 1.165) is 14.7 Å². The third-order valence-corrected chi connectivity index (χ3v) is 8.45. The lowest BCUT2D eigenvalue weighted by Gasteiger charge is -2.19. The number of nitrogens with one attached hydrogen (secondary N) is 2. The summed E-state index contributed by atoms with van der Waals surface area (Å²) in [6, 6.07) is 9.75. The van der Waals surface area contributed by atoms with Crippen molar-refractivity contribution < 1.29 is 18.0 Å². The normalized spacial score (nSPS) is 13.6. The Balaban J connectivity index is 1.40. The van der Waals surface area contributed by atoms with Gasteiger partial charge in [0.15, 0.2) is 17.5 Å². The van der Waals surface area contributed by atoms with Crippen LogP contribution in [0.2, 0.25) is 5.02 Å². The van der Waals surface area contributed by atoms with Crippen LogP contribution in [0.3, 0.4) is 0 Å². The minimum Gasteiger partial charge on any atom is -0.352 e. The molecule has 0 unspecified atom stereocenters. The first kappa shape index (κ1) is 31.8. The lowest BCUT2D eigenvalue weighted by Crippen LogP contribution is -2.43. The maximum atomic E-state index is 14.9. The molecule has 0 fully saturated rings. The molecular weight excluding hydrogens is 665 g/mol. The summed E-state index contributed by atoms with van der Waals surface area (Å²) >= 11 is 6.76. The highest BCUT2D eigenvalue weighted by atomic mass is 35.5. The van der Waals surface area contributed by atoms with Gasteiger partial charge in [0.05, 0.1) is 29.3 Å². The Hall–Kier alpha value is -5.77.